The van der Waals surface area contributed by atoms with Crippen molar-refractivity contribution in [2.45, 2.75) is 39.9 Å². The number of carbonyl (C=O) groups excluding carboxylic acids is 2. The maximum atomic E-state index is 12.4. The topological polar surface area (TPSA) is 76.7 Å². The van der Waals surface area contributed by atoms with Crippen LogP contribution in [0.3, 0.4) is 0 Å². The number of benzene rings is 2. The van der Waals surface area contributed by atoms with Crippen LogP contribution in [0.25, 0.3) is 0 Å². The zero-order valence-corrected chi connectivity index (χ0v) is 15.4. The Morgan fingerprint density at radius 1 is 0.692 bits per heavy atom. The fourth-order valence-electron chi connectivity index (χ4n) is 2.27. The van der Waals surface area contributed by atoms with Gasteiger partial charge in [-0.1, -0.05) is 24.3 Å². The van der Waals surface area contributed by atoms with Crippen molar-refractivity contribution in [1.29, 1.82) is 0 Å². The molecule has 0 atom stereocenters. The number of rotatable bonds is 6. The van der Waals surface area contributed by atoms with Gasteiger partial charge in [0.25, 0.3) is 11.8 Å². The van der Waals surface area contributed by atoms with E-state index in [2.05, 4.69) is 10.9 Å². The average molecular weight is 356 g/mol. The molecule has 2 rings (SSSR count). The molecule has 0 bridgehead atoms. The smallest absolute Gasteiger partial charge is 0.273 e. The van der Waals surface area contributed by atoms with Crippen molar-refractivity contribution < 1.29 is 19.1 Å². The van der Waals surface area contributed by atoms with E-state index < -0.39 is 11.8 Å². The lowest BCUT2D eigenvalue weighted by atomic mass is 10.2. The van der Waals surface area contributed by atoms with Crippen LogP contribution >= 0.6 is 0 Å². The minimum absolute atomic E-state index is 0.0707. The molecule has 0 fully saturated rings. The molecule has 138 valence electrons. The van der Waals surface area contributed by atoms with Gasteiger partial charge in [-0.3, -0.25) is 20.4 Å². The number of hydrogen-bond donors (Lipinski definition) is 2. The molecule has 0 aliphatic heterocycles. The summed E-state index contributed by atoms with van der Waals surface area (Å²) in [5, 5.41) is 0. The van der Waals surface area contributed by atoms with Gasteiger partial charge in [0, 0.05) is 0 Å². The van der Waals surface area contributed by atoms with E-state index in [4.69, 9.17) is 9.47 Å². The number of ether oxygens (including phenoxy) is 2. The fourth-order valence-corrected chi connectivity index (χ4v) is 2.27. The van der Waals surface area contributed by atoms with E-state index in [1.807, 2.05) is 27.7 Å². The molecule has 0 aliphatic carbocycles. The van der Waals surface area contributed by atoms with Crippen molar-refractivity contribution in [3.8, 4) is 11.5 Å². The van der Waals surface area contributed by atoms with Gasteiger partial charge in [-0.15, -0.1) is 0 Å². The van der Waals surface area contributed by atoms with Gasteiger partial charge in [0.2, 0.25) is 0 Å². The summed E-state index contributed by atoms with van der Waals surface area (Å²) in [5.74, 6) is -0.00991. The first-order valence-electron chi connectivity index (χ1n) is 8.50. The molecule has 2 amide bonds. The zero-order valence-electron chi connectivity index (χ0n) is 15.4. The Kier molecular flexibility index (Phi) is 6.60. The van der Waals surface area contributed by atoms with Crippen molar-refractivity contribution >= 4 is 11.8 Å². The molecule has 2 N–H and O–H groups in total. The monoisotopic (exact) mass is 356 g/mol. The predicted molar refractivity (Wildman–Crippen MR) is 99.3 cm³/mol. The van der Waals surface area contributed by atoms with Crippen LogP contribution in [0.5, 0.6) is 11.5 Å². The fraction of sp³-hybridized carbons (Fsp3) is 0.300. The Morgan fingerprint density at radius 2 is 1.04 bits per heavy atom. The third kappa shape index (κ3) is 5.24. The van der Waals surface area contributed by atoms with Gasteiger partial charge < -0.3 is 9.47 Å². The molecule has 2 aromatic carbocycles. The van der Waals surface area contributed by atoms with Crippen molar-refractivity contribution in [2.75, 3.05) is 0 Å². The van der Waals surface area contributed by atoms with E-state index in [-0.39, 0.29) is 12.2 Å². The molecule has 2 aromatic rings. The maximum Gasteiger partial charge on any atom is 0.273 e. The Hall–Kier alpha value is -3.02. The zero-order chi connectivity index (χ0) is 19.1. The van der Waals surface area contributed by atoms with Crippen LogP contribution in [0.15, 0.2) is 48.5 Å². The molecule has 6 nitrogen and oxygen atoms in total. The molecule has 0 heterocycles. The molecule has 0 unspecified atom stereocenters. The summed E-state index contributed by atoms with van der Waals surface area (Å²) in [6, 6.07) is 13.7. The number of amides is 2. The van der Waals surface area contributed by atoms with Gasteiger partial charge >= 0.3 is 0 Å². The van der Waals surface area contributed by atoms with Crippen LogP contribution in [0.2, 0.25) is 0 Å². The summed E-state index contributed by atoms with van der Waals surface area (Å²) in [6.45, 7) is 7.51. The van der Waals surface area contributed by atoms with Gasteiger partial charge in [0.05, 0.1) is 23.3 Å². The number of hydrazine groups is 1. The summed E-state index contributed by atoms with van der Waals surface area (Å²) in [7, 11) is 0. The van der Waals surface area contributed by atoms with Crippen LogP contribution in [0.1, 0.15) is 48.4 Å². The second-order valence-corrected chi connectivity index (χ2v) is 6.23. The van der Waals surface area contributed by atoms with E-state index >= 15 is 0 Å². The number of para-hydroxylation sites is 2. The Labute approximate surface area is 153 Å². The SMILES string of the molecule is CC(C)Oc1ccccc1C(=O)NNC(=O)c1ccccc1OC(C)C. The van der Waals surface area contributed by atoms with E-state index in [0.717, 1.165) is 0 Å². The first-order valence-corrected chi connectivity index (χ1v) is 8.50. The Morgan fingerprint density at radius 3 is 1.38 bits per heavy atom. The summed E-state index contributed by atoms with van der Waals surface area (Å²) in [6.07, 6.45) is -0.141. The normalized spacial score (nSPS) is 10.5. The van der Waals surface area contributed by atoms with Gasteiger partial charge in [-0.2, -0.15) is 0 Å². The second kappa shape index (κ2) is 8.89. The molecule has 0 aromatic heterocycles. The standard InChI is InChI=1S/C20H24N2O4/c1-13(2)25-17-11-7-5-9-15(17)19(23)21-22-20(24)16-10-6-8-12-18(16)26-14(3)4/h5-14H,1-4H3,(H,21,23)(H,22,24). The van der Waals surface area contributed by atoms with E-state index in [9.17, 15) is 9.59 Å². The third-order valence-corrected chi connectivity index (χ3v) is 3.28. The van der Waals surface area contributed by atoms with Crippen molar-refractivity contribution in [3.05, 3.63) is 59.7 Å². The van der Waals surface area contributed by atoms with Crippen LogP contribution in [0.4, 0.5) is 0 Å². The minimum atomic E-state index is -0.461. The summed E-state index contributed by atoms with van der Waals surface area (Å²) in [4.78, 5) is 24.8. The number of nitrogens with one attached hydrogen (secondary N) is 2. The third-order valence-electron chi connectivity index (χ3n) is 3.28. The van der Waals surface area contributed by atoms with Crippen LogP contribution in [-0.2, 0) is 0 Å². The van der Waals surface area contributed by atoms with Crippen LogP contribution in [-0.4, -0.2) is 24.0 Å². The molecule has 0 aliphatic rings. The average Bonchev–Trinajstić information content (AvgIpc) is 2.59. The first-order chi connectivity index (χ1) is 12.4. The molecular weight excluding hydrogens is 332 g/mol. The predicted octanol–water partition coefficient (Wildman–Crippen LogP) is 3.34. The van der Waals surface area contributed by atoms with Gasteiger partial charge in [0.1, 0.15) is 11.5 Å². The van der Waals surface area contributed by atoms with Crippen molar-refractivity contribution in [1.82, 2.24) is 10.9 Å². The molecule has 0 saturated carbocycles. The van der Waals surface area contributed by atoms with E-state index in [0.29, 0.717) is 22.6 Å². The molecule has 0 radical (unpaired) electrons. The molecule has 0 spiro atoms. The highest BCUT2D eigenvalue weighted by Gasteiger charge is 2.16. The summed E-state index contributed by atoms with van der Waals surface area (Å²) in [5.41, 5.74) is 5.52. The van der Waals surface area contributed by atoms with Gasteiger partial charge in [0.15, 0.2) is 0 Å². The quantitative estimate of drug-likeness (QED) is 0.779. The van der Waals surface area contributed by atoms with Gasteiger partial charge in [-0.25, -0.2) is 0 Å². The number of hydrogen-bond acceptors (Lipinski definition) is 4. The van der Waals surface area contributed by atoms with E-state index in [1.54, 1.807) is 48.5 Å². The number of carbonyl (C=O) groups is 2. The van der Waals surface area contributed by atoms with Crippen LogP contribution in [0, 0.1) is 0 Å². The van der Waals surface area contributed by atoms with Gasteiger partial charge in [-0.05, 0) is 52.0 Å². The van der Waals surface area contributed by atoms with Crippen molar-refractivity contribution in [3.63, 3.8) is 0 Å². The lowest BCUT2D eigenvalue weighted by Gasteiger charge is -2.16. The molecule has 6 heteroatoms. The molecular formula is C20H24N2O4. The largest absolute Gasteiger partial charge is 0.490 e. The van der Waals surface area contributed by atoms with Crippen LogP contribution < -0.4 is 20.3 Å². The summed E-state index contributed by atoms with van der Waals surface area (Å²) >= 11 is 0. The Bertz CT molecular complexity index is 706. The highest BCUT2D eigenvalue weighted by atomic mass is 16.5. The minimum Gasteiger partial charge on any atom is -0.490 e. The highest BCUT2D eigenvalue weighted by Crippen LogP contribution is 2.20. The molecule has 0 saturated heterocycles. The lowest BCUT2D eigenvalue weighted by Crippen LogP contribution is -2.42. The van der Waals surface area contributed by atoms with E-state index in [1.165, 1.54) is 0 Å². The second-order valence-electron chi connectivity index (χ2n) is 6.23. The lowest BCUT2D eigenvalue weighted by molar-refractivity contribution is 0.0840. The molecule has 26 heavy (non-hydrogen) atoms. The first kappa shape index (κ1) is 19.3. The Balaban J connectivity index is 2.08. The van der Waals surface area contributed by atoms with Crippen molar-refractivity contribution in [2.24, 2.45) is 0 Å². The summed E-state index contributed by atoms with van der Waals surface area (Å²) < 4.78 is 11.3. The maximum absolute atomic E-state index is 12.4. The highest BCUT2D eigenvalue weighted by molar-refractivity contribution is 6.01.